The van der Waals surface area contributed by atoms with Gasteiger partial charge in [-0.25, -0.2) is 18.3 Å². The maximum absolute atomic E-state index is 12.9. The van der Waals surface area contributed by atoms with E-state index in [4.69, 9.17) is 5.11 Å². The van der Waals surface area contributed by atoms with Crippen LogP contribution in [0.3, 0.4) is 0 Å². The first kappa shape index (κ1) is 10.3. The molecule has 4 nitrogen and oxygen atoms in total. The lowest BCUT2D eigenvalue weighted by Crippen LogP contribution is -2.01. The second kappa shape index (κ2) is 3.73. The second-order valence-electron chi connectivity index (χ2n) is 3.08. The normalized spacial score (nSPS) is 10.4. The zero-order valence-electron chi connectivity index (χ0n) is 7.89. The van der Waals surface area contributed by atoms with Crippen molar-refractivity contribution in [2.75, 3.05) is 0 Å². The number of aromatic carboxylic acids is 1. The van der Waals surface area contributed by atoms with E-state index in [1.54, 1.807) is 0 Å². The Morgan fingerprint density at radius 1 is 1.25 bits per heavy atom. The van der Waals surface area contributed by atoms with E-state index >= 15 is 0 Å². The lowest BCUT2D eigenvalue weighted by Gasteiger charge is -2.01. The second-order valence-corrected chi connectivity index (χ2v) is 3.08. The first-order valence-electron chi connectivity index (χ1n) is 4.32. The van der Waals surface area contributed by atoms with Gasteiger partial charge in [0.2, 0.25) is 0 Å². The van der Waals surface area contributed by atoms with Gasteiger partial charge in [-0.3, -0.25) is 0 Å². The molecule has 0 aliphatic heterocycles. The standard InChI is InChI=1S/C10H6F2N2O2/c11-6-3-7(12)5-8(4-6)14-2-1-9(13-14)10(15)16/h1-5H,(H,15,16). The molecule has 1 heterocycles. The summed E-state index contributed by atoms with van der Waals surface area (Å²) in [6.07, 6.45) is 1.32. The van der Waals surface area contributed by atoms with Crippen molar-refractivity contribution in [2.24, 2.45) is 0 Å². The van der Waals surface area contributed by atoms with E-state index in [9.17, 15) is 13.6 Å². The molecule has 6 heteroatoms. The average molecular weight is 224 g/mol. The number of carbonyl (C=O) groups is 1. The molecule has 1 N–H and O–H groups in total. The Kier molecular flexibility index (Phi) is 2.40. The summed E-state index contributed by atoms with van der Waals surface area (Å²) in [7, 11) is 0. The van der Waals surface area contributed by atoms with Crippen LogP contribution in [0.4, 0.5) is 8.78 Å². The molecule has 0 spiro atoms. The number of carboxylic acids is 1. The molecule has 0 aliphatic carbocycles. The highest BCUT2D eigenvalue weighted by atomic mass is 19.1. The fourth-order valence-corrected chi connectivity index (χ4v) is 1.25. The van der Waals surface area contributed by atoms with Crippen LogP contribution in [0.15, 0.2) is 30.5 Å². The Labute approximate surface area is 88.7 Å². The number of rotatable bonds is 2. The summed E-state index contributed by atoms with van der Waals surface area (Å²) < 4.78 is 26.9. The molecule has 0 atom stereocenters. The van der Waals surface area contributed by atoms with E-state index in [1.807, 2.05) is 0 Å². The molecule has 0 bridgehead atoms. The van der Waals surface area contributed by atoms with Gasteiger partial charge in [0.05, 0.1) is 5.69 Å². The molecule has 0 radical (unpaired) electrons. The molecule has 0 saturated heterocycles. The summed E-state index contributed by atoms with van der Waals surface area (Å²) in [6.45, 7) is 0. The molecule has 0 saturated carbocycles. The van der Waals surface area contributed by atoms with Crippen molar-refractivity contribution < 1.29 is 18.7 Å². The van der Waals surface area contributed by atoms with Crippen LogP contribution in [0.1, 0.15) is 10.5 Å². The van der Waals surface area contributed by atoms with Gasteiger partial charge in [-0.05, 0) is 18.2 Å². The van der Waals surface area contributed by atoms with Gasteiger partial charge in [0, 0.05) is 12.3 Å². The first-order valence-corrected chi connectivity index (χ1v) is 4.32. The third kappa shape index (κ3) is 1.90. The number of hydrogen-bond acceptors (Lipinski definition) is 2. The van der Waals surface area contributed by atoms with Crippen LogP contribution in [-0.2, 0) is 0 Å². The zero-order chi connectivity index (χ0) is 11.7. The molecule has 1 aromatic carbocycles. The number of carboxylic acid groups (broad SMARTS) is 1. The summed E-state index contributed by atoms with van der Waals surface area (Å²) in [5.41, 5.74) is -0.0605. The van der Waals surface area contributed by atoms with Gasteiger partial charge in [-0.1, -0.05) is 0 Å². The third-order valence-corrected chi connectivity index (χ3v) is 1.92. The van der Waals surface area contributed by atoms with Crippen molar-refractivity contribution in [3.63, 3.8) is 0 Å². The monoisotopic (exact) mass is 224 g/mol. The minimum Gasteiger partial charge on any atom is -0.476 e. The lowest BCUT2D eigenvalue weighted by atomic mass is 10.3. The molecule has 0 unspecified atom stereocenters. The molecule has 1 aromatic heterocycles. The van der Waals surface area contributed by atoms with E-state index in [0.29, 0.717) is 0 Å². The van der Waals surface area contributed by atoms with E-state index < -0.39 is 17.6 Å². The van der Waals surface area contributed by atoms with E-state index in [2.05, 4.69) is 5.10 Å². The van der Waals surface area contributed by atoms with Crippen molar-refractivity contribution >= 4 is 5.97 Å². The number of benzene rings is 1. The van der Waals surface area contributed by atoms with Crippen molar-refractivity contribution in [3.05, 3.63) is 47.8 Å². The first-order chi connectivity index (χ1) is 7.56. The summed E-state index contributed by atoms with van der Waals surface area (Å²) in [5.74, 6) is -2.69. The fourth-order valence-electron chi connectivity index (χ4n) is 1.25. The summed E-state index contributed by atoms with van der Waals surface area (Å²) in [5, 5.41) is 12.3. The number of nitrogens with zero attached hydrogens (tertiary/aromatic N) is 2. The van der Waals surface area contributed by atoms with Crippen LogP contribution in [0, 0.1) is 11.6 Å². The van der Waals surface area contributed by atoms with E-state index in [1.165, 1.54) is 12.3 Å². The van der Waals surface area contributed by atoms with Crippen molar-refractivity contribution in [1.82, 2.24) is 9.78 Å². The van der Waals surface area contributed by atoms with Crippen LogP contribution in [-0.4, -0.2) is 20.9 Å². The summed E-state index contributed by atoms with van der Waals surface area (Å²) >= 11 is 0. The molecule has 0 aliphatic rings. The zero-order valence-corrected chi connectivity index (χ0v) is 7.89. The molecule has 16 heavy (non-hydrogen) atoms. The van der Waals surface area contributed by atoms with Crippen LogP contribution in [0.2, 0.25) is 0 Å². The topological polar surface area (TPSA) is 55.1 Å². The number of hydrogen-bond donors (Lipinski definition) is 1. The quantitative estimate of drug-likeness (QED) is 0.846. The highest BCUT2D eigenvalue weighted by molar-refractivity contribution is 5.85. The largest absolute Gasteiger partial charge is 0.476 e. The van der Waals surface area contributed by atoms with Gasteiger partial charge in [-0.2, -0.15) is 5.10 Å². The average Bonchev–Trinajstić information content (AvgIpc) is 2.64. The van der Waals surface area contributed by atoms with Gasteiger partial charge in [-0.15, -0.1) is 0 Å². The number of halogens is 2. The highest BCUT2D eigenvalue weighted by Crippen LogP contribution is 2.12. The summed E-state index contributed by atoms with van der Waals surface area (Å²) in [6, 6.07) is 4.08. The Morgan fingerprint density at radius 3 is 2.38 bits per heavy atom. The molecule has 82 valence electrons. The van der Waals surface area contributed by atoms with Crippen LogP contribution < -0.4 is 0 Å². The van der Waals surface area contributed by atoms with Crippen molar-refractivity contribution in [2.45, 2.75) is 0 Å². The van der Waals surface area contributed by atoms with E-state index in [-0.39, 0.29) is 11.4 Å². The van der Waals surface area contributed by atoms with E-state index in [0.717, 1.165) is 22.9 Å². The molecule has 0 amide bonds. The van der Waals surface area contributed by atoms with Crippen LogP contribution in [0.5, 0.6) is 0 Å². The Balaban J connectivity index is 2.46. The van der Waals surface area contributed by atoms with Crippen molar-refractivity contribution in [1.29, 1.82) is 0 Å². The molecule has 2 aromatic rings. The Bertz CT molecular complexity index is 531. The Morgan fingerprint density at radius 2 is 1.88 bits per heavy atom. The van der Waals surface area contributed by atoms with Crippen LogP contribution in [0.25, 0.3) is 5.69 Å². The molecule has 2 rings (SSSR count). The minimum atomic E-state index is -1.20. The summed E-state index contributed by atoms with van der Waals surface area (Å²) in [4.78, 5) is 10.6. The lowest BCUT2D eigenvalue weighted by molar-refractivity contribution is 0.0690. The Hall–Kier alpha value is -2.24. The van der Waals surface area contributed by atoms with Gasteiger partial charge >= 0.3 is 5.97 Å². The van der Waals surface area contributed by atoms with Crippen LogP contribution >= 0.6 is 0 Å². The smallest absolute Gasteiger partial charge is 0.356 e. The van der Waals surface area contributed by atoms with Gasteiger partial charge in [0.15, 0.2) is 5.69 Å². The fraction of sp³-hybridized carbons (Fsp3) is 0. The maximum Gasteiger partial charge on any atom is 0.356 e. The van der Waals surface area contributed by atoms with Gasteiger partial charge in [0.25, 0.3) is 0 Å². The van der Waals surface area contributed by atoms with Crippen molar-refractivity contribution in [3.8, 4) is 5.69 Å². The molecular weight excluding hydrogens is 218 g/mol. The molecule has 0 fully saturated rings. The minimum absolute atomic E-state index is 0.130. The van der Waals surface area contributed by atoms with Gasteiger partial charge < -0.3 is 5.11 Å². The predicted octanol–water partition coefficient (Wildman–Crippen LogP) is 1.85. The predicted molar refractivity (Wildman–Crippen MR) is 50.4 cm³/mol. The van der Waals surface area contributed by atoms with Gasteiger partial charge in [0.1, 0.15) is 11.6 Å². The third-order valence-electron chi connectivity index (χ3n) is 1.92. The SMILES string of the molecule is O=C(O)c1ccn(-c2cc(F)cc(F)c2)n1. The number of aromatic nitrogens is 2. The molecular formula is C10H6F2N2O2. The highest BCUT2D eigenvalue weighted by Gasteiger charge is 2.09. The maximum atomic E-state index is 12.9.